The molecule has 0 unspecified atom stereocenters. The van der Waals surface area contributed by atoms with Crippen LogP contribution < -0.4 is 10.1 Å². The van der Waals surface area contributed by atoms with E-state index in [4.69, 9.17) is 9.72 Å². The number of amides is 2. The number of benzene rings is 1. The molecule has 0 aliphatic carbocycles. The van der Waals surface area contributed by atoms with Crippen LogP contribution in [0.5, 0.6) is 5.75 Å². The third-order valence-electron chi connectivity index (χ3n) is 5.89. The zero-order valence-electron chi connectivity index (χ0n) is 19.6. The van der Waals surface area contributed by atoms with Gasteiger partial charge in [0.05, 0.1) is 31.8 Å². The second-order valence-corrected chi connectivity index (χ2v) is 8.32. The van der Waals surface area contributed by atoms with E-state index in [1.807, 2.05) is 36.1 Å². The molecule has 1 atom stereocenters. The molecule has 1 aromatic heterocycles. The summed E-state index contributed by atoms with van der Waals surface area (Å²) in [7, 11) is 5.17. The van der Waals surface area contributed by atoms with E-state index in [1.165, 1.54) is 6.92 Å². The second kappa shape index (κ2) is 10.4. The molecule has 2 amide bonds. The molecule has 1 aromatic carbocycles. The molecule has 0 saturated carbocycles. The highest BCUT2D eigenvalue weighted by atomic mass is 16.5. The molecule has 32 heavy (non-hydrogen) atoms. The van der Waals surface area contributed by atoms with E-state index in [0.717, 1.165) is 41.8 Å². The molecule has 1 N–H and O–H groups in total. The van der Waals surface area contributed by atoms with E-state index in [2.05, 4.69) is 10.3 Å². The Bertz CT molecular complexity index is 978. The number of likely N-dealkylation sites (tertiary alicyclic amines) is 1. The number of nitrogens with one attached hydrogen (secondary N) is 1. The number of nitrogens with zero attached hydrogens (tertiary/aromatic N) is 4. The van der Waals surface area contributed by atoms with E-state index >= 15 is 0 Å². The quantitative estimate of drug-likeness (QED) is 0.713. The molecule has 2 heterocycles. The Hall–Kier alpha value is -3.16. The average molecular weight is 440 g/mol. The summed E-state index contributed by atoms with van der Waals surface area (Å²) in [6, 6.07) is 7.54. The molecule has 1 saturated heterocycles. The van der Waals surface area contributed by atoms with Crippen molar-refractivity contribution in [3.63, 3.8) is 0 Å². The van der Waals surface area contributed by atoms with Gasteiger partial charge in [-0.25, -0.2) is 9.97 Å². The molecule has 0 radical (unpaired) electrons. The number of ether oxygens (including phenoxy) is 1. The first-order valence-electron chi connectivity index (χ1n) is 11.0. The van der Waals surface area contributed by atoms with Gasteiger partial charge in [0.15, 0.2) is 5.82 Å². The zero-order valence-corrected chi connectivity index (χ0v) is 19.6. The molecular weight excluding hydrogens is 406 g/mol. The van der Waals surface area contributed by atoms with Gasteiger partial charge in [0.25, 0.3) is 0 Å². The molecule has 8 nitrogen and oxygen atoms in total. The first-order valence-corrected chi connectivity index (χ1v) is 11.0. The Morgan fingerprint density at radius 1 is 1.25 bits per heavy atom. The number of anilines is 1. The highest BCUT2D eigenvalue weighted by molar-refractivity contribution is 5.80. The first kappa shape index (κ1) is 23.5. The van der Waals surface area contributed by atoms with Gasteiger partial charge in [-0.05, 0) is 32.3 Å². The second-order valence-electron chi connectivity index (χ2n) is 8.32. The van der Waals surface area contributed by atoms with Gasteiger partial charge in [-0.2, -0.15) is 0 Å². The van der Waals surface area contributed by atoms with Crippen LogP contribution in [0.25, 0.3) is 0 Å². The highest BCUT2D eigenvalue weighted by Gasteiger charge is 2.31. The fraction of sp³-hybridized carbons (Fsp3) is 0.500. The van der Waals surface area contributed by atoms with Crippen LogP contribution in [-0.2, 0) is 22.6 Å². The molecular formula is C24H33N5O3. The smallest absolute Gasteiger partial charge is 0.227 e. The molecule has 1 fully saturated rings. The van der Waals surface area contributed by atoms with Gasteiger partial charge in [-0.3, -0.25) is 9.59 Å². The van der Waals surface area contributed by atoms with Crippen LogP contribution in [-0.4, -0.2) is 59.3 Å². The van der Waals surface area contributed by atoms with Crippen LogP contribution in [0.1, 0.15) is 54.9 Å². The summed E-state index contributed by atoms with van der Waals surface area (Å²) in [5, 5.41) is 3.08. The lowest BCUT2D eigenvalue weighted by Gasteiger charge is -2.35. The third kappa shape index (κ3) is 5.55. The number of hydrogen-bond acceptors (Lipinski definition) is 6. The van der Waals surface area contributed by atoms with Gasteiger partial charge in [-0.1, -0.05) is 17.7 Å². The van der Waals surface area contributed by atoms with Gasteiger partial charge in [0, 0.05) is 39.2 Å². The van der Waals surface area contributed by atoms with Gasteiger partial charge < -0.3 is 19.9 Å². The van der Waals surface area contributed by atoms with Crippen molar-refractivity contribution in [3.8, 4) is 5.75 Å². The van der Waals surface area contributed by atoms with Gasteiger partial charge in [-0.15, -0.1) is 0 Å². The molecule has 0 bridgehead atoms. The van der Waals surface area contributed by atoms with E-state index < -0.39 is 0 Å². The summed E-state index contributed by atoms with van der Waals surface area (Å²) in [6.07, 6.45) is 3.05. The standard InChI is InChI=1S/C24H33N5O3/c1-16-9-10-21(32-5)18(12-16)13-23(31)29-11-7-6-8-20(29)24-26-19(14-22(25-3)27-24)15-28(4)17(2)30/h9-10,12,14,20H,6-8,11,13,15H2,1-5H3,(H,25,26,27)/t20-/m0/s1. The lowest BCUT2D eigenvalue weighted by atomic mass is 9.99. The van der Waals surface area contributed by atoms with E-state index in [0.29, 0.717) is 24.7 Å². The fourth-order valence-corrected chi connectivity index (χ4v) is 4.04. The van der Waals surface area contributed by atoms with Crippen molar-refractivity contribution >= 4 is 17.6 Å². The fourth-order valence-electron chi connectivity index (χ4n) is 4.04. The van der Waals surface area contributed by atoms with Crippen LogP contribution in [0.3, 0.4) is 0 Å². The topological polar surface area (TPSA) is 87.7 Å². The largest absolute Gasteiger partial charge is 0.496 e. The minimum atomic E-state index is -0.193. The van der Waals surface area contributed by atoms with Crippen LogP contribution in [0.4, 0.5) is 5.82 Å². The molecule has 8 heteroatoms. The number of methoxy groups -OCH3 is 1. The van der Waals surface area contributed by atoms with Gasteiger partial charge >= 0.3 is 0 Å². The number of rotatable bonds is 7. The van der Waals surface area contributed by atoms with Gasteiger partial charge in [0.2, 0.25) is 11.8 Å². The van der Waals surface area contributed by atoms with Crippen LogP contribution in [0.2, 0.25) is 0 Å². The van der Waals surface area contributed by atoms with Crippen molar-refractivity contribution in [2.45, 2.75) is 52.1 Å². The number of hydrogen-bond donors (Lipinski definition) is 1. The summed E-state index contributed by atoms with van der Waals surface area (Å²) in [4.78, 5) is 38.0. The maximum Gasteiger partial charge on any atom is 0.227 e. The Labute approximate surface area is 190 Å². The molecule has 172 valence electrons. The normalized spacial score (nSPS) is 15.9. The van der Waals surface area contributed by atoms with E-state index in [-0.39, 0.29) is 24.3 Å². The Kier molecular flexibility index (Phi) is 7.66. The molecule has 0 spiro atoms. The molecule has 2 aromatic rings. The highest BCUT2D eigenvalue weighted by Crippen LogP contribution is 2.31. The molecule has 3 rings (SSSR count). The van der Waals surface area contributed by atoms with Crippen LogP contribution in [0, 0.1) is 6.92 Å². The Balaban J connectivity index is 1.88. The van der Waals surface area contributed by atoms with Gasteiger partial charge in [0.1, 0.15) is 11.6 Å². The predicted octanol–water partition coefficient (Wildman–Crippen LogP) is 3.11. The van der Waals surface area contributed by atoms with E-state index in [1.54, 1.807) is 26.1 Å². The van der Waals surface area contributed by atoms with Crippen molar-refractivity contribution in [1.29, 1.82) is 0 Å². The summed E-state index contributed by atoms with van der Waals surface area (Å²) in [5.41, 5.74) is 2.72. The van der Waals surface area contributed by atoms with Crippen molar-refractivity contribution in [3.05, 3.63) is 46.9 Å². The first-order chi connectivity index (χ1) is 15.3. The maximum atomic E-state index is 13.4. The monoisotopic (exact) mass is 439 g/mol. The number of aromatic nitrogens is 2. The van der Waals surface area contributed by atoms with Crippen molar-refractivity contribution in [2.24, 2.45) is 0 Å². The number of piperidine rings is 1. The van der Waals surface area contributed by atoms with Crippen molar-refractivity contribution in [2.75, 3.05) is 33.1 Å². The number of carbonyl (C=O) groups is 2. The van der Waals surface area contributed by atoms with E-state index in [9.17, 15) is 9.59 Å². The minimum absolute atomic E-state index is 0.0299. The third-order valence-corrected chi connectivity index (χ3v) is 5.89. The summed E-state index contributed by atoms with van der Waals surface area (Å²) >= 11 is 0. The lowest BCUT2D eigenvalue weighted by Crippen LogP contribution is -2.40. The van der Waals surface area contributed by atoms with Crippen LogP contribution in [0.15, 0.2) is 24.3 Å². The number of aryl methyl sites for hydroxylation is 1. The van der Waals surface area contributed by atoms with Crippen molar-refractivity contribution < 1.29 is 14.3 Å². The molecule has 1 aliphatic heterocycles. The zero-order chi connectivity index (χ0) is 23.3. The Morgan fingerprint density at radius 2 is 2.03 bits per heavy atom. The molecule has 1 aliphatic rings. The summed E-state index contributed by atoms with van der Waals surface area (Å²) < 4.78 is 5.47. The lowest BCUT2D eigenvalue weighted by molar-refractivity contribution is -0.134. The minimum Gasteiger partial charge on any atom is -0.496 e. The average Bonchev–Trinajstić information content (AvgIpc) is 2.78. The number of carbonyl (C=O) groups excluding carboxylic acids is 2. The van der Waals surface area contributed by atoms with Crippen LogP contribution >= 0.6 is 0 Å². The summed E-state index contributed by atoms with van der Waals surface area (Å²) in [5.74, 6) is 2.03. The maximum absolute atomic E-state index is 13.4. The predicted molar refractivity (Wildman–Crippen MR) is 123 cm³/mol. The SMILES string of the molecule is CNc1cc(CN(C)C(C)=O)nc([C@@H]2CCCCN2C(=O)Cc2cc(C)ccc2OC)n1. The Morgan fingerprint density at radius 3 is 2.72 bits per heavy atom. The summed E-state index contributed by atoms with van der Waals surface area (Å²) in [6.45, 7) is 4.60. The van der Waals surface area contributed by atoms with Crippen molar-refractivity contribution in [1.82, 2.24) is 19.8 Å².